The number of ether oxygens (including phenoxy) is 2. The number of nitrogens with one attached hydrogen (secondary N) is 2. The molecule has 4 aromatic rings. The van der Waals surface area contributed by atoms with E-state index in [4.69, 9.17) is 13.9 Å². The lowest BCUT2D eigenvalue weighted by atomic mass is 10.1. The minimum atomic E-state index is -3.97. The lowest BCUT2D eigenvalue weighted by Gasteiger charge is -2.10. The first-order chi connectivity index (χ1) is 17.3. The topological polar surface area (TPSA) is 150 Å². The summed E-state index contributed by atoms with van der Waals surface area (Å²) in [5.74, 6) is -0.441. The summed E-state index contributed by atoms with van der Waals surface area (Å²) in [6, 6.07) is 15.4. The van der Waals surface area contributed by atoms with Gasteiger partial charge in [-0.05, 0) is 36.4 Å². The Hall–Kier alpha value is -4.71. The first-order valence-electron chi connectivity index (χ1n) is 10.4. The molecule has 2 aromatic heterocycles. The minimum absolute atomic E-state index is 0.0273. The minimum Gasteiger partial charge on any atom is -0.481 e. The highest BCUT2D eigenvalue weighted by atomic mass is 32.2. The van der Waals surface area contributed by atoms with Crippen molar-refractivity contribution in [1.29, 1.82) is 0 Å². The fourth-order valence-electron chi connectivity index (χ4n) is 3.12. The quantitative estimate of drug-likeness (QED) is 0.196. The Labute approximate surface area is 205 Å². The maximum atomic E-state index is 12.7. The molecule has 0 unspecified atom stereocenters. The molecular formula is C24H20N4O7S. The Kier molecular flexibility index (Phi) is 6.97. The van der Waals surface area contributed by atoms with Gasteiger partial charge in [-0.1, -0.05) is 18.2 Å². The van der Waals surface area contributed by atoms with Crippen LogP contribution in [-0.4, -0.2) is 38.4 Å². The van der Waals surface area contributed by atoms with Gasteiger partial charge in [-0.3, -0.25) is 9.52 Å². The van der Waals surface area contributed by atoms with E-state index >= 15 is 0 Å². The van der Waals surface area contributed by atoms with Crippen molar-refractivity contribution in [2.24, 2.45) is 0 Å². The maximum Gasteiger partial charge on any atom is 0.347 e. The zero-order chi connectivity index (χ0) is 25.7. The van der Waals surface area contributed by atoms with Crippen molar-refractivity contribution in [3.8, 4) is 11.9 Å². The van der Waals surface area contributed by atoms with E-state index in [9.17, 15) is 18.0 Å². The molecule has 0 aliphatic heterocycles. The second-order valence-corrected chi connectivity index (χ2v) is 8.92. The number of rotatable bonds is 9. The predicted molar refractivity (Wildman–Crippen MR) is 132 cm³/mol. The maximum absolute atomic E-state index is 12.7. The third kappa shape index (κ3) is 5.50. The number of sulfonamides is 1. The van der Waals surface area contributed by atoms with Gasteiger partial charge >= 0.3 is 11.6 Å². The van der Waals surface area contributed by atoms with Crippen LogP contribution in [0.5, 0.6) is 11.9 Å². The van der Waals surface area contributed by atoms with Crippen molar-refractivity contribution in [3.63, 3.8) is 0 Å². The second kappa shape index (κ2) is 10.3. The Morgan fingerprint density at radius 3 is 2.47 bits per heavy atom. The molecule has 2 heterocycles. The molecule has 2 aromatic carbocycles. The van der Waals surface area contributed by atoms with Crippen molar-refractivity contribution in [2.75, 3.05) is 24.3 Å². The van der Waals surface area contributed by atoms with Crippen LogP contribution in [-0.2, 0) is 10.0 Å². The zero-order valence-electron chi connectivity index (χ0n) is 19.1. The highest BCUT2D eigenvalue weighted by molar-refractivity contribution is 7.92. The van der Waals surface area contributed by atoms with Crippen LogP contribution >= 0.6 is 0 Å². The summed E-state index contributed by atoms with van der Waals surface area (Å²) in [5.41, 5.74) is 0.0687. The van der Waals surface area contributed by atoms with Gasteiger partial charge in [0.25, 0.3) is 10.0 Å². The monoisotopic (exact) mass is 508 g/mol. The van der Waals surface area contributed by atoms with E-state index in [2.05, 4.69) is 20.0 Å². The van der Waals surface area contributed by atoms with Crippen molar-refractivity contribution in [3.05, 3.63) is 88.9 Å². The molecule has 0 fully saturated rings. The van der Waals surface area contributed by atoms with Crippen LogP contribution in [0.4, 0.5) is 11.5 Å². The van der Waals surface area contributed by atoms with Gasteiger partial charge < -0.3 is 19.2 Å². The van der Waals surface area contributed by atoms with Gasteiger partial charge in [0.1, 0.15) is 11.1 Å². The van der Waals surface area contributed by atoms with E-state index in [-0.39, 0.29) is 28.2 Å². The van der Waals surface area contributed by atoms with Crippen molar-refractivity contribution < 1.29 is 27.1 Å². The molecule has 0 aliphatic rings. The number of ketones is 1. The van der Waals surface area contributed by atoms with E-state index in [1.54, 1.807) is 24.3 Å². The molecule has 12 heteroatoms. The fraction of sp³-hybridized carbons (Fsp3) is 0.0833. The van der Waals surface area contributed by atoms with Gasteiger partial charge in [0.15, 0.2) is 11.6 Å². The van der Waals surface area contributed by atoms with E-state index in [1.165, 1.54) is 62.9 Å². The van der Waals surface area contributed by atoms with Gasteiger partial charge in [0.05, 0.1) is 19.1 Å². The lowest BCUT2D eigenvalue weighted by molar-refractivity contribution is 0.104. The average molecular weight is 509 g/mol. The largest absolute Gasteiger partial charge is 0.481 e. The van der Waals surface area contributed by atoms with Gasteiger partial charge in [-0.25, -0.2) is 13.2 Å². The second-order valence-electron chi connectivity index (χ2n) is 7.24. The SMILES string of the molecule is COc1cc(NS(=O)(=O)c2ccc(N/C=C\C(=O)c3cc4ccccc4oc3=O)cc2)nc(OC)n1. The van der Waals surface area contributed by atoms with Crippen LogP contribution in [0.1, 0.15) is 10.4 Å². The average Bonchev–Trinajstić information content (AvgIpc) is 2.88. The number of hydrogen-bond donors (Lipinski definition) is 2. The van der Waals surface area contributed by atoms with Crippen LogP contribution in [0.25, 0.3) is 11.0 Å². The molecule has 0 amide bonds. The van der Waals surface area contributed by atoms with Gasteiger partial charge in [0, 0.05) is 29.4 Å². The number of carbonyl (C=O) groups excluding carboxylic acids is 1. The molecule has 184 valence electrons. The number of aromatic nitrogens is 2. The van der Waals surface area contributed by atoms with E-state index in [0.717, 1.165) is 0 Å². The first kappa shape index (κ1) is 24.4. The van der Waals surface area contributed by atoms with Gasteiger partial charge in [-0.15, -0.1) is 0 Å². The summed E-state index contributed by atoms with van der Waals surface area (Å²) in [6.45, 7) is 0. The summed E-state index contributed by atoms with van der Waals surface area (Å²) in [5, 5.41) is 3.49. The summed E-state index contributed by atoms with van der Waals surface area (Å²) in [7, 11) is -1.24. The van der Waals surface area contributed by atoms with Crippen LogP contribution in [0.3, 0.4) is 0 Å². The van der Waals surface area contributed by atoms with E-state index in [1.807, 2.05) is 0 Å². The molecule has 0 bridgehead atoms. The molecule has 0 atom stereocenters. The predicted octanol–water partition coefficient (Wildman–Crippen LogP) is 3.21. The Bertz CT molecular complexity index is 1590. The molecule has 36 heavy (non-hydrogen) atoms. The Balaban J connectivity index is 1.44. The molecule has 11 nitrogen and oxygen atoms in total. The number of hydrogen-bond acceptors (Lipinski definition) is 10. The van der Waals surface area contributed by atoms with Crippen molar-refractivity contribution >= 4 is 38.3 Å². The third-order valence-electron chi connectivity index (χ3n) is 4.87. The van der Waals surface area contributed by atoms with Crippen LogP contribution < -0.4 is 25.1 Å². The molecule has 4 rings (SSSR count). The van der Waals surface area contributed by atoms with Crippen LogP contribution in [0.15, 0.2) is 87.0 Å². The molecule has 0 spiro atoms. The first-order valence-corrected chi connectivity index (χ1v) is 11.9. The number of para-hydroxylation sites is 1. The number of carbonyl (C=O) groups is 1. The fourth-order valence-corrected chi connectivity index (χ4v) is 4.11. The number of allylic oxidation sites excluding steroid dienone is 1. The number of methoxy groups -OCH3 is 2. The molecule has 2 N–H and O–H groups in total. The van der Waals surface area contributed by atoms with E-state index < -0.39 is 21.4 Å². The lowest BCUT2D eigenvalue weighted by Crippen LogP contribution is -2.14. The highest BCUT2D eigenvalue weighted by Gasteiger charge is 2.17. The molecule has 0 saturated heterocycles. The molecule has 0 radical (unpaired) electrons. The molecule has 0 aliphatic carbocycles. The summed E-state index contributed by atoms with van der Waals surface area (Å²) in [6.07, 6.45) is 2.53. The molecular weight excluding hydrogens is 488 g/mol. The Morgan fingerprint density at radius 2 is 1.75 bits per heavy atom. The smallest absolute Gasteiger partial charge is 0.347 e. The summed E-state index contributed by atoms with van der Waals surface area (Å²) < 4.78 is 42.9. The number of fused-ring (bicyclic) bond motifs is 1. The summed E-state index contributed by atoms with van der Waals surface area (Å²) in [4.78, 5) is 32.4. The molecule has 0 saturated carbocycles. The van der Waals surface area contributed by atoms with E-state index in [0.29, 0.717) is 16.7 Å². The summed E-state index contributed by atoms with van der Waals surface area (Å²) >= 11 is 0. The van der Waals surface area contributed by atoms with Crippen molar-refractivity contribution in [2.45, 2.75) is 4.90 Å². The third-order valence-corrected chi connectivity index (χ3v) is 6.24. The van der Waals surface area contributed by atoms with Crippen molar-refractivity contribution in [1.82, 2.24) is 9.97 Å². The number of nitrogens with zero attached hydrogens (tertiary/aromatic N) is 2. The zero-order valence-corrected chi connectivity index (χ0v) is 19.9. The van der Waals surface area contributed by atoms with Gasteiger partial charge in [-0.2, -0.15) is 9.97 Å². The van der Waals surface area contributed by atoms with Crippen LogP contribution in [0, 0.1) is 0 Å². The Morgan fingerprint density at radius 1 is 1.00 bits per heavy atom. The van der Waals surface area contributed by atoms with Gasteiger partial charge in [0.2, 0.25) is 5.88 Å². The number of benzene rings is 2. The highest BCUT2D eigenvalue weighted by Crippen LogP contribution is 2.21. The van der Waals surface area contributed by atoms with Crippen LogP contribution in [0.2, 0.25) is 0 Å². The normalized spacial score (nSPS) is 11.4. The standard InChI is InChI=1S/C24H20N4O7S/c1-33-22-14-21(26-24(27-22)34-2)28-36(31,32)17-9-7-16(8-10-17)25-12-11-19(29)18-13-15-5-3-4-6-20(15)35-23(18)30/h3-14,25H,1-2H3,(H,26,27,28)/b12-11-. The number of anilines is 2.